The molecule has 1 aliphatic rings. The molecule has 1 aromatic rings. The van der Waals surface area contributed by atoms with Crippen molar-refractivity contribution in [2.75, 3.05) is 16.8 Å². The van der Waals surface area contributed by atoms with Crippen molar-refractivity contribution in [2.45, 2.75) is 6.92 Å². The van der Waals surface area contributed by atoms with Crippen molar-refractivity contribution in [1.29, 1.82) is 0 Å². The van der Waals surface area contributed by atoms with Crippen molar-refractivity contribution in [3.05, 3.63) is 23.2 Å². The molecule has 0 aliphatic carbocycles. The van der Waals surface area contributed by atoms with Crippen LogP contribution in [0.5, 0.6) is 0 Å². The van der Waals surface area contributed by atoms with Gasteiger partial charge in [0.2, 0.25) is 11.8 Å². The number of nitrogens with zero attached hydrogens (tertiary/aromatic N) is 1. The molecule has 2 rings (SSSR count). The van der Waals surface area contributed by atoms with Gasteiger partial charge in [-0.1, -0.05) is 11.6 Å². The first-order chi connectivity index (χ1) is 7.08. The van der Waals surface area contributed by atoms with E-state index in [9.17, 15) is 9.59 Å². The summed E-state index contributed by atoms with van der Waals surface area (Å²) < 4.78 is 0. The molecule has 0 atom stereocenters. The summed E-state index contributed by atoms with van der Waals surface area (Å²) in [5, 5.41) is 3.20. The SMILES string of the molecule is CC(=O)N1CC(=O)Nc2cc(Cl)ccc21. The zero-order valence-corrected chi connectivity index (χ0v) is 8.84. The summed E-state index contributed by atoms with van der Waals surface area (Å²) in [6.45, 7) is 1.49. The normalized spacial score (nSPS) is 14.5. The minimum absolute atomic E-state index is 0.0595. The van der Waals surface area contributed by atoms with Crippen LogP contribution >= 0.6 is 11.6 Å². The van der Waals surface area contributed by atoms with Crippen LogP contribution in [0.2, 0.25) is 5.02 Å². The Morgan fingerprint density at radius 2 is 2.27 bits per heavy atom. The minimum Gasteiger partial charge on any atom is -0.323 e. The molecular weight excluding hydrogens is 216 g/mol. The van der Waals surface area contributed by atoms with E-state index in [1.165, 1.54) is 11.8 Å². The standard InChI is InChI=1S/C10H9ClN2O2/c1-6(14)13-5-10(15)12-8-4-7(11)2-3-9(8)13/h2-4H,5H2,1H3,(H,12,15). The first-order valence-corrected chi connectivity index (χ1v) is 4.83. The van der Waals surface area contributed by atoms with E-state index in [1.54, 1.807) is 18.2 Å². The fourth-order valence-corrected chi connectivity index (χ4v) is 1.72. The summed E-state index contributed by atoms with van der Waals surface area (Å²) in [6, 6.07) is 5.04. The van der Waals surface area contributed by atoms with Crippen LogP contribution in [0, 0.1) is 0 Å². The van der Waals surface area contributed by atoms with Crippen molar-refractivity contribution < 1.29 is 9.59 Å². The quantitative estimate of drug-likeness (QED) is 0.729. The van der Waals surface area contributed by atoms with E-state index in [-0.39, 0.29) is 18.4 Å². The molecule has 1 aliphatic heterocycles. The number of hydrogen-bond donors (Lipinski definition) is 1. The third-order valence-corrected chi connectivity index (χ3v) is 2.44. The summed E-state index contributed by atoms with van der Waals surface area (Å²) in [7, 11) is 0. The van der Waals surface area contributed by atoms with E-state index in [0.29, 0.717) is 16.4 Å². The number of halogens is 1. The third-order valence-electron chi connectivity index (χ3n) is 2.21. The van der Waals surface area contributed by atoms with Gasteiger partial charge in [0, 0.05) is 11.9 Å². The molecule has 0 unspecified atom stereocenters. The predicted molar refractivity (Wildman–Crippen MR) is 58.1 cm³/mol. The second-order valence-corrected chi connectivity index (χ2v) is 3.75. The Hall–Kier alpha value is -1.55. The summed E-state index contributed by atoms with van der Waals surface area (Å²) in [6.07, 6.45) is 0. The van der Waals surface area contributed by atoms with E-state index in [4.69, 9.17) is 11.6 Å². The first-order valence-electron chi connectivity index (χ1n) is 4.45. The van der Waals surface area contributed by atoms with Crippen LogP contribution in [0.15, 0.2) is 18.2 Å². The van der Waals surface area contributed by atoms with Gasteiger partial charge in [0.25, 0.3) is 0 Å². The lowest BCUT2D eigenvalue weighted by Crippen LogP contribution is -2.40. The maximum atomic E-state index is 11.3. The van der Waals surface area contributed by atoms with Gasteiger partial charge in [-0.2, -0.15) is 0 Å². The third kappa shape index (κ3) is 1.80. The minimum atomic E-state index is -0.208. The van der Waals surface area contributed by atoms with Gasteiger partial charge >= 0.3 is 0 Å². The number of rotatable bonds is 0. The van der Waals surface area contributed by atoms with E-state index < -0.39 is 0 Å². The summed E-state index contributed by atoms with van der Waals surface area (Å²) in [5.41, 5.74) is 1.26. The molecule has 2 amide bonds. The number of carbonyl (C=O) groups is 2. The van der Waals surface area contributed by atoms with Crippen LogP contribution in [-0.2, 0) is 9.59 Å². The average Bonchev–Trinajstić information content (AvgIpc) is 2.15. The Balaban J connectivity index is 2.51. The number of hydrogen-bond acceptors (Lipinski definition) is 2. The molecular formula is C10H9ClN2O2. The van der Waals surface area contributed by atoms with Crippen LogP contribution in [0.4, 0.5) is 11.4 Å². The molecule has 0 aromatic heterocycles. The highest BCUT2D eigenvalue weighted by molar-refractivity contribution is 6.31. The van der Waals surface area contributed by atoms with Crippen molar-refractivity contribution in [2.24, 2.45) is 0 Å². The Kier molecular flexibility index (Phi) is 2.36. The highest BCUT2D eigenvalue weighted by atomic mass is 35.5. The summed E-state index contributed by atoms with van der Waals surface area (Å²) in [4.78, 5) is 24.0. The lowest BCUT2D eigenvalue weighted by atomic mass is 10.2. The number of anilines is 2. The largest absolute Gasteiger partial charge is 0.323 e. The average molecular weight is 225 g/mol. The number of amides is 2. The van der Waals surface area contributed by atoms with Crippen molar-refractivity contribution >= 4 is 34.8 Å². The maximum absolute atomic E-state index is 11.3. The van der Waals surface area contributed by atoms with Gasteiger partial charge in [0.05, 0.1) is 11.4 Å². The molecule has 0 spiro atoms. The molecule has 1 aromatic carbocycles. The molecule has 0 radical (unpaired) electrons. The second-order valence-electron chi connectivity index (χ2n) is 3.31. The topological polar surface area (TPSA) is 49.4 Å². The molecule has 0 saturated heterocycles. The Labute approximate surface area is 91.8 Å². The van der Waals surface area contributed by atoms with Crippen LogP contribution in [-0.4, -0.2) is 18.4 Å². The first kappa shape index (κ1) is 9.98. The van der Waals surface area contributed by atoms with Crippen molar-refractivity contribution in [3.8, 4) is 0 Å². The molecule has 4 nitrogen and oxygen atoms in total. The Morgan fingerprint density at radius 3 is 2.93 bits per heavy atom. The second kappa shape index (κ2) is 3.55. The van der Waals surface area contributed by atoms with Crippen molar-refractivity contribution in [3.63, 3.8) is 0 Å². The fraction of sp³-hybridized carbons (Fsp3) is 0.200. The zero-order valence-electron chi connectivity index (χ0n) is 8.08. The monoisotopic (exact) mass is 224 g/mol. The number of fused-ring (bicyclic) bond motifs is 1. The van der Waals surface area contributed by atoms with Crippen LogP contribution in [0.25, 0.3) is 0 Å². The molecule has 0 saturated carbocycles. The van der Waals surface area contributed by atoms with Gasteiger partial charge in [0.1, 0.15) is 6.54 Å². The van der Waals surface area contributed by atoms with Gasteiger partial charge in [-0.3, -0.25) is 9.59 Å². The van der Waals surface area contributed by atoms with E-state index >= 15 is 0 Å². The highest BCUT2D eigenvalue weighted by Gasteiger charge is 2.24. The molecule has 78 valence electrons. The molecule has 1 heterocycles. The van der Waals surface area contributed by atoms with Gasteiger partial charge in [0.15, 0.2) is 0 Å². The van der Waals surface area contributed by atoms with Gasteiger partial charge < -0.3 is 10.2 Å². The number of nitrogens with one attached hydrogen (secondary N) is 1. The van der Waals surface area contributed by atoms with Gasteiger partial charge in [-0.05, 0) is 18.2 Å². The van der Waals surface area contributed by atoms with E-state index in [1.807, 2.05) is 0 Å². The van der Waals surface area contributed by atoms with Crippen LogP contribution < -0.4 is 10.2 Å². The van der Waals surface area contributed by atoms with Gasteiger partial charge in [-0.15, -0.1) is 0 Å². The van der Waals surface area contributed by atoms with Crippen LogP contribution in [0.3, 0.4) is 0 Å². The lowest BCUT2D eigenvalue weighted by Gasteiger charge is -2.28. The van der Waals surface area contributed by atoms with Crippen molar-refractivity contribution in [1.82, 2.24) is 0 Å². The molecule has 5 heteroatoms. The summed E-state index contributed by atoms with van der Waals surface area (Å²) in [5.74, 6) is -0.367. The number of carbonyl (C=O) groups excluding carboxylic acids is 2. The predicted octanol–water partition coefficient (Wildman–Crippen LogP) is 1.64. The fourth-order valence-electron chi connectivity index (χ4n) is 1.54. The molecule has 0 bridgehead atoms. The Bertz CT molecular complexity index is 445. The lowest BCUT2D eigenvalue weighted by molar-refractivity contribution is -0.120. The van der Waals surface area contributed by atoms with E-state index in [2.05, 4.69) is 5.32 Å². The summed E-state index contributed by atoms with van der Waals surface area (Å²) >= 11 is 5.80. The van der Waals surface area contributed by atoms with Crippen LogP contribution in [0.1, 0.15) is 6.92 Å². The zero-order chi connectivity index (χ0) is 11.0. The Morgan fingerprint density at radius 1 is 1.53 bits per heavy atom. The molecule has 1 N–H and O–H groups in total. The maximum Gasteiger partial charge on any atom is 0.244 e. The van der Waals surface area contributed by atoms with E-state index in [0.717, 1.165) is 0 Å². The number of benzene rings is 1. The smallest absolute Gasteiger partial charge is 0.244 e. The molecule has 15 heavy (non-hydrogen) atoms. The molecule has 0 fully saturated rings. The highest BCUT2D eigenvalue weighted by Crippen LogP contribution is 2.31. The van der Waals surface area contributed by atoms with Gasteiger partial charge in [-0.25, -0.2) is 0 Å².